The van der Waals surface area contributed by atoms with Crippen molar-refractivity contribution >= 4 is 5.71 Å². The van der Waals surface area contributed by atoms with Crippen LogP contribution in [0.1, 0.15) is 38.5 Å². The van der Waals surface area contributed by atoms with Gasteiger partial charge in [0, 0.05) is 18.9 Å². The molecule has 0 amide bonds. The topological polar surface area (TPSA) is 33.6 Å². The lowest BCUT2D eigenvalue weighted by atomic mass is 10.0. The highest BCUT2D eigenvalue weighted by Crippen LogP contribution is 2.28. The Bertz CT molecular complexity index is 283. The van der Waals surface area contributed by atoms with Gasteiger partial charge in [0.25, 0.3) is 0 Å². The van der Waals surface area contributed by atoms with Crippen LogP contribution in [-0.4, -0.2) is 30.6 Å². The fourth-order valence-electron chi connectivity index (χ4n) is 2.34. The van der Waals surface area contributed by atoms with Crippen molar-refractivity contribution in [3.8, 4) is 0 Å². The molecule has 1 N–H and O–H groups in total. The molecule has 0 bridgehead atoms. The maximum atomic E-state index is 12.4. The minimum Gasteiger partial charge on any atom is -0.392 e. The molecule has 2 atom stereocenters. The second-order valence-corrected chi connectivity index (χ2v) is 4.70. The number of nitrogens with one attached hydrogen (secondary N) is 1. The molecule has 0 aromatic rings. The van der Waals surface area contributed by atoms with Crippen LogP contribution < -0.4 is 5.32 Å². The van der Waals surface area contributed by atoms with Crippen LogP contribution in [0.5, 0.6) is 0 Å². The van der Waals surface area contributed by atoms with Crippen LogP contribution in [-0.2, 0) is 4.84 Å². The molecule has 0 spiro atoms. The van der Waals surface area contributed by atoms with E-state index in [1.54, 1.807) is 0 Å². The third kappa shape index (κ3) is 3.59. The first-order chi connectivity index (χ1) is 8.05. The number of hydrogen-bond acceptors (Lipinski definition) is 3. The minimum absolute atomic E-state index is 0.109. The lowest BCUT2D eigenvalue weighted by molar-refractivity contribution is -0.0604. The van der Waals surface area contributed by atoms with Crippen LogP contribution >= 0.6 is 0 Å². The van der Waals surface area contributed by atoms with Crippen LogP contribution in [0.15, 0.2) is 5.16 Å². The van der Waals surface area contributed by atoms with Crippen molar-refractivity contribution in [2.45, 2.75) is 56.8 Å². The highest BCUT2D eigenvalue weighted by Gasteiger charge is 2.41. The number of alkyl halides is 3. The molecule has 6 heteroatoms. The molecule has 0 saturated carbocycles. The predicted molar refractivity (Wildman–Crippen MR) is 57.9 cm³/mol. The summed E-state index contributed by atoms with van der Waals surface area (Å²) in [6.07, 6.45) is 0.239. The number of halogens is 3. The quantitative estimate of drug-likeness (QED) is 0.817. The minimum atomic E-state index is -4.34. The van der Waals surface area contributed by atoms with E-state index in [4.69, 9.17) is 4.84 Å². The predicted octanol–water partition coefficient (Wildman–Crippen LogP) is 2.62. The first-order valence-electron chi connectivity index (χ1n) is 6.09. The second-order valence-electron chi connectivity index (χ2n) is 4.70. The Hall–Kier alpha value is -0.780. The summed E-state index contributed by atoms with van der Waals surface area (Å²) < 4.78 is 37.1. The van der Waals surface area contributed by atoms with Gasteiger partial charge in [-0.3, -0.25) is 0 Å². The molecule has 1 fully saturated rings. The molecule has 2 unspecified atom stereocenters. The number of nitrogens with zero attached hydrogens (tertiary/aromatic N) is 1. The van der Waals surface area contributed by atoms with Crippen LogP contribution in [0.2, 0.25) is 0 Å². The fraction of sp³-hybridized carbons (Fsp3) is 0.909. The van der Waals surface area contributed by atoms with Gasteiger partial charge in [-0.15, -0.1) is 0 Å². The van der Waals surface area contributed by atoms with E-state index in [0.29, 0.717) is 6.42 Å². The summed E-state index contributed by atoms with van der Waals surface area (Å²) >= 11 is 0. The second kappa shape index (κ2) is 5.25. The van der Waals surface area contributed by atoms with Crippen molar-refractivity contribution in [2.24, 2.45) is 5.16 Å². The van der Waals surface area contributed by atoms with E-state index in [1.807, 2.05) is 0 Å². The maximum Gasteiger partial charge on any atom is 0.432 e. The fourth-order valence-corrected chi connectivity index (χ4v) is 2.34. The summed E-state index contributed by atoms with van der Waals surface area (Å²) in [6.45, 7) is 0.949. The van der Waals surface area contributed by atoms with Gasteiger partial charge in [0.05, 0.1) is 0 Å². The summed E-state index contributed by atoms with van der Waals surface area (Å²) in [6, 6.07) is 0.269. The van der Waals surface area contributed by atoms with Crippen LogP contribution in [0.25, 0.3) is 0 Å². The van der Waals surface area contributed by atoms with Gasteiger partial charge in [0.15, 0.2) is 5.71 Å². The van der Waals surface area contributed by atoms with E-state index < -0.39 is 18.0 Å². The first kappa shape index (κ1) is 12.7. The van der Waals surface area contributed by atoms with Crippen molar-refractivity contribution in [1.29, 1.82) is 0 Å². The number of oxime groups is 1. The molecule has 17 heavy (non-hydrogen) atoms. The van der Waals surface area contributed by atoms with Crippen molar-refractivity contribution in [3.63, 3.8) is 0 Å². The standard InChI is InChI=1S/C11H17F3N2O/c12-11(13,14)10-7-9(17-16-10)6-8-4-2-1-3-5-15-8/h8-9,15H,1-7H2. The maximum absolute atomic E-state index is 12.4. The van der Waals surface area contributed by atoms with Gasteiger partial charge in [-0.05, 0) is 19.4 Å². The Morgan fingerprint density at radius 2 is 2.12 bits per heavy atom. The van der Waals surface area contributed by atoms with E-state index in [0.717, 1.165) is 25.8 Å². The molecule has 98 valence electrons. The molecule has 2 aliphatic rings. The van der Waals surface area contributed by atoms with Gasteiger partial charge in [-0.1, -0.05) is 18.0 Å². The lowest BCUT2D eigenvalue weighted by Crippen LogP contribution is -2.32. The van der Waals surface area contributed by atoms with Crippen LogP contribution in [0.3, 0.4) is 0 Å². The molecule has 0 radical (unpaired) electrons. The van der Waals surface area contributed by atoms with Crippen molar-refractivity contribution in [1.82, 2.24) is 5.32 Å². The molecular weight excluding hydrogens is 233 g/mol. The Kier molecular flexibility index (Phi) is 3.91. The third-order valence-corrected chi connectivity index (χ3v) is 3.27. The molecule has 2 aliphatic heterocycles. The number of hydrogen-bond donors (Lipinski definition) is 1. The van der Waals surface area contributed by atoms with Crippen LogP contribution in [0.4, 0.5) is 13.2 Å². The highest BCUT2D eigenvalue weighted by atomic mass is 19.4. The van der Waals surface area contributed by atoms with E-state index in [9.17, 15) is 13.2 Å². The van der Waals surface area contributed by atoms with Crippen LogP contribution in [0, 0.1) is 0 Å². The molecule has 2 rings (SSSR count). The van der Waals surface area contributed by atoms with Crippen molar-refractivity contribution in [3.05, 3.63) is 0 Å². The molecular formula is C11H17F3N2O. The van der Waals surface area contributed by atoms with Gasteiger partial charge < -0.3 is 10.2 Å². The molecule has 0 aliphatic carbocycles. The van der Waals surface area contributed by atoms with E-state index in [-0.39, 0.29) is 12.5 Å². The largest absolute Gasteiger partial charge is 0.432 e. The Morgan fingerprint density at radius 3 is 2.82 bits per heavy atom. The van der Waals surface area contributed by atoms with E-state index >= 15 is 0 Å². The SMILES string of the molecule is FC(F)(F)C1=NOC(CC2CCCCCN2)C1. The highest BCUT2D eigenvalue weighted by molar-refractivity contribution is 5.90. The third-order valence-electron chi connectivity index (χ3n) is 3.27. The van der Waals surface area contributed by atoms with Gasteiger partial charge in [-0.25, -0.2) is 0 Å². The smallest absolute Gasteiger partial charge is 0.392 e. The molecule has 0 aromatic carbocycles. The Morgan fingerprint density at radius 1 is 1.29 bits per heavy atom. The van der Waals surface area contributed by atoms with Gasteiger partial charge in [-0.2, -0.15) is 13.2 Å². The van der Waals surface area contributed by atoms with Crippen molar-refractivity contribution in [2.75, 3.05) is 6.54 Å². The molecule has 2 heterocycles. The monoisotopic (exact) mass is 250 g/mol. The Labute approximate surface area is 98.4 Å². The first-order valence-corrected chi connectivity index (χ1v) is 6.09. The zero-order valence-corrected chi connectivity index (χ0v) is 9.59. The van der Waals surface area contributed by atoms with E-state index in [2.05, 4.69) is 10.5 Å². The summed E-state index contributed by atoms with van der Waals surface area (Å²) in [5.74, 6) is 0. The van der Waals surface area contributed by atoms with E-state index in [1.165, 1.54) is 6.42 Å². The van der Waals surface area contributed by atoms with Gasteiger partial charge in [0.1, 0.15) is 6.10 Å². The zero-order valence-electron chi connectivity index (χ0n) is 9.59. The molecule has 1 saturated heterocycles. The van der Waals surface area contributed by atoms with Gasteiger partial charge >= 0.3 is 6.18 Å². The average molecular weight is 250 g/mol. The summed E-state index contributed by atoms with van der Waals surface area (Å²) in [5, 5.41) is 6.49. The molecule has 0 aromatic heterocycles. The average Bonchev–Trinajstić information content (AvgIpc) is 2.56. The summed E-state index contributed by atoms with van der Waals surface area (Å²) in [4.78, 5) is 4.86. The summed E-state index contributed by atoms with van der Waals surface area (Å²) in [5.41, 5.74) is -0.781. The zero-order chi connectivity index (χ0) is 12.3. The van der Waals surface area contributed by atoms with Gasteiger partial charge in [0.2, 0.25) is 0 Å². The molecule has 3 nitrogen and oxygen atoms in total. The normalized spacial score (nSPS) is 30.6. The summed E-state index contributed by atoms with van der Waals surface area (Å²) in [7, 11) is 0. The number of rotatable bonds is 2. The van der Waals surface area contributed by atoms with Crippen molar-refractivity contribution < 1.29 is 18.0 Å². The Balaban J connectivity index is 1.78. The lowest BCUT2D eigenvalue weighted by Gasteiger charge is -2.18.